The molecule has 2 unspecified atom stereocenters. The molecule has 0 amide bonds. The summed E-state index contributed by atoms with van der Waals surface area (Å²) in [5.41, 5.74) is 10.5. The Labute approximate surface area is 360 Å². The predicted octanol–water partition coefficient (Wildman–Crippen LogP) is 11.0. The first-order valence-corrected chi connectivity index (χ1v) is 20.8. The molecule has 0 spiro atoms. The fraction of sp³-hybridized carbons (Fsp3) is 0.478. The Balaban J connectivity index is 0.000000337. The van der Waals surface area contributed by atoms with E-state index in [0.717, 1.165) is 38.4 Å². The molecule has 2 atom stereocenters. The zero-order chi connectivity index (χ0) is 44.2. The molecule has 2 aromatic carbocycles. The number of hydrogen-bond donors (Lipinski definition) is 2. The predicted molar refractivity (Wildman–Crippen MR) is 237 cm³/mol. The fourth-order valence-electron chi connectivity index (χ4n) is 5.05. The van der Waals surface area contributed by atoms with Gasteiger partial charge in [0.25, 0.3) is 0 Å². The van der Waals surface area contributed by atoms with Gasteiger partial charge in [-0.1, -0.05) is 24.3 Å². The number of pyridine rings is 2. The number of anilines is 3. The monoisotopic (exact) mass is 880 g/mol. The number of esters is 2. The van der Waals surface area contributed by atoms with E-state index in [1.807, 2.05) is 144 Å². The molecule has 3 N–H and O–H groups in total. The quantitative estimate of drug-likeness (QED) is 0.0625. The third kappa shape index (κ3) is 19.5. The van der Waals surface area contributed by atoms with Gasteiger partial charge in [-0.05, 0) is 159 Å². The summed E-state index contributed by atoms with van der Waals surface area (Å²) in [4.78, 5) is 32.7. The fourth-order valence-corrected chi connectivity index (χ4v) is 5.28. The zero-order valence-corrected chi connectivity index (χ0v) is 38.4. The van der Waals surface area contributed by atoms with Crippen LogP contribution in [0.5, 0.6) is 0 Å². The molecule has 0 aliphatic carbocycles. The molecule has 0 fully saturated rings. The molecule has 0 radical (unpaired) electrons. The normalized spacial score (nSPS) is 12.4. The molecule has 0 aliphatic heterocycles. The summed E-state index contributed by atoms with van der Waals surface area (Å²) in [5, 5.41) is 3.31. The number of nitrogens with zero attached hydrogens (tertiary/aromatic N) is 2. The van der Waals surface area contributed by atoms with E-state index in [2.05, 4.69) is 31.2 Å². The number of nitrogen functional groups attached to an aromatic ring is 1. The van der Waals surface area contributed by atoms with Crippen LogP contribution in [-0.4, -0.2) is 59.5 Å². The summed E-state index contributed by atoms with van der Waals surface area (Å²) in [6.07, 6.45) is 2.68. The van der Waals surface area contributed by atoms with Crippen molar-refractivity contribution in [2.75, 3.05) is 37.5 Å². The number of halogens is 1. The van der Waals surface area contributed by atoms with Gasteiger partial charge in [0.1, 0.15) is 11.2 Å². The lowest BCUT2D eigenvalue weighted by Gasteiger charge is -2.22. The molecule has 4 rings (SSSR count). The maximum atomic E-state index is 12.2. The molecule has 59 heavy (non-hydrogen) atoms. The van der Waals surface area contributed by atoms with E-state index < -0.39 is 17.5 Å². The van der Waals surface area contributed by atoms with E-state index >= 15 is 0 Å². The van der Waals surface area contributed by atoms with Crippen LogP contribution < -0.4 is 11.1 Å². The number of benzene rings is 2. The van der Waals surface area contributed by atoms with Gasteiger partial charge in [0.05, 0.1) is 35.1 Å². The van der Waals surface area contributed by atoms with Gasteiger partial charge in [0.2, 0.25) is 12.6 Å². The number of nitrogens with two attached hydrogens (primary N) is 1. The maximum absolute atomic E-state index is 12.2. The molecule has 0 aliphatic rings. The molecule has 0 saturated carbocycles. The van der Waals surface area contributed by atoms with E-state index in [0.29, 0.717) is 32.1 Å². The smallest absolute Gasteiger partial charge is 0.313 e. The Morgan fingerprint density at radius 3 is 1.31 bits per heavy atom. The molecular weight excluding hydrogens is 816 g/mol. The highest BCUT2D eigenvalue weighted by Gasteiger charge is 2.24. The summed E-state index contributed by atoms with van der Waals surface area (Å²) in [7, 11) is 0. The number of hydrogen-bond acceptors (Lipinski definition) is 12. The second-order valence-electron chi connectivity index (χ2n) is 15.3. The number of rotatable bonds is 16. The van der Waals surface area contributed by atoms with E-state index in [4.69, 9.17) is 34.2 Å². The molecule has 4 aromatic rings. The Morgan fingerprint density at radius 1 is 0.593 bits per heavy atom. The van der Waals surface area contributed by atoms with Crippen LogP contribution in [0.15, 0.2) is 89.7 Å². The maximum Gasteiger partial charge on any atom is 0.313 e. The van der Waals surface area contributed by atoms with E-state index in [1.54, 1.807) is 24.5 Å². The van der Waals surface area contributed by atoms with Crippen molar-refractivity contribution in [3.63, 3.8) is 0 Å². The zero-order valence-electron chi connectivity index (χ0n) is 36.8. The summed E-state index contributed by atoms with van der Waals surface area (Å²) in [6.45, 7) is 24.9. The topological polar surface area (TPSA) is 153 Å². The Morgan fingerprint density at radius 2 is 0.966 bits per heavy atom. The van der Waals surface area contributed by atoms with Gasteiger partial charge in [-0.15, -0.1) is 0 Å². The highest BCUT2D eigenvalue weighted by Crippen LogP contribution is 2.25. The lowest BCUT2D eigenvalue weighted by molar-refractivity contribution is -0.157. The van der Waals surface area contributed by atoms with Gasteiger partial charge in [0.15, 0.2) is 0 Å². The molecule has 12 nitrogen and oxygen atoms in total. The van der Waals surface area contributed by atoms with Crippen molar-refractivity contribution in [2.24, 2.45) is 0 Å². The van der Waals surface area contributed by atoms with Crippen LogP contribution in [0.1, 0.15) is 130 Å². The summed E-state index contributed by atoms with van der Waals surface area (Å²) < 4.78 is 33.7. The number of carbonyl (C=O) groups excluding carboxylic acids is 2. The van der Waals surface area contributed by atoms with Gasteiger partial charge in [-0.3, -0.25) is 19.6 Å². The van der Waals surface area contributed by atoms with Gasteiger partial charge in [0, 0.05) is 48.5 Å². The van der Waals surface area contributed by atoms with Crippen LogP contribution in [0, 0.1) is 0 Å². The average molecular weight is 882 g/mol. The van der Waals surface area contributed by atoms with Crippen molar-refractivity contribution in [3.8, 4) is 0 Å². The van der Waals surface area contributed by atoms with Crippen LogP contribution in [0.2, 0.25) is 0 Å². The van der Waals surface area contributed by atoms with E-state index in [-0.39, 0.29) is 30.1 Å². The van der Waals surface area contributed by atoms with Crippen LogP contribution in [0.25, 0.3) is 0 Å². The molecule has 2 aromatic heterocycles. The molecule has 0 bridgehead atoms. The molecule has 2 heterocycles. The van der Waals surface area contributed by atoms with Gasteiger partial charge >= 0.3 is 11.9 Å². The first-order chi connectivity index (χ1) is 27.8. The van der Waals surface area contributed by atoms with Crippen molar-refractivity contribution >= 4 is 44.9 Å². The minimum absolute atomic E-state index is 0.211. The SMILES string of the molecule is CC(C(=O)OC(C)(C)C)c1ccc(N)cc1.CCOC(OCC)c1ccc(Br)cn1.CCOC(OCC)c1ccc(Nc2ccc(C(C)C(=O)OC(C)(C)C)cc2)cn1. The van der Waals surface area contributed by atoms with Crippen molar-refractivity contribution < 1.29 is 38.0 Å². The minimum Gasteiger partial charge on any atom is -0.460 e. The van der Waals surface area contributed by atoms with Crippen molar-refractivity contribution in [2.45, 2.75) is 119 Å². The second kappa shape index (κ2) is 25.3. The van der Waals surface area contributed by atoms with Gasteiger partial charge in [-0.25, -0.2) is 0 Å². The molecule has 0 saturated heterocycles. The van der Waals surface area contributed by atoms with Crippen LogP contribution in [0.4, 0.5) is 17.1 Å². The van der Waals surface area contributed by atoms with Crippen molar-refractivity contribution in [3.05, 3.63) is 112 Å². The van der Waals surface area contributed by atoms with Gasteiger partial charge in [-0.2, -0.15) is 0 Å². The van der Waals surface area contributed by atoms with Crippen molar-refractivity contribution in [1.82, 2.24) is 9.97 Å². The van der Waals surface area contributed by atoms with Crippen LogP contribution >= 0.6 is 15.9 Å². The lowest BCUT2D eigenvalue weighted by Crippen LogP contribution is -2.26. The largest absolute Gasteiger partial charge is 0.460 e. The number of aromatic nitrogens is 2. The number of carbonyl (C=O) groups is 2. The third-order valence-electron chi connectivity index (χ3n) is 7.95. The highest BCUT2D eigenvalue weighted by molar-refractivity contribution is 9.10. The summed E-state index contributed by atoms with van der Waals surface area (Å²) in [6, 6.07) is 22.6. The molecular formula is C46H65BrN4O8. The standard InChI is InChI=1S/C23H32N2O4.C13H19NO2.C10H14BrNO2/c1-7-27-22(28-8-2)20-14-13-19(15-24-20)25-18-11-9-17(10-12-18)16(3)21(26)29-23(4,5)6;1-9(12(15)16-13(2,3)4)10-5-7-11(14)8-6-10;1-3-13-10(14-4-2)9-6-5-8(11)7-12-9/h9-16,22,25H,7-8H2,1-6H3;5-9H,14H2,1-4H3;5-7,10H,3-4H2,1-2H3. The van der Waals surface area contributed by atoms with Crippen molar-refractivity contribution in [1.29, 1.82) is 0 Å². The van der Waals surface area contributed by atoms with Crippen LogP contribution in [0.3, 0.4) is 0 Å². The Bertz CT molecular complexity index is 1780. The van der Waals surface area contributed by atoms with E-state index in [1.165, 1.54) is 0 Å². The Kier molecular flexibility index (Phi) is 21.7. The first kappa shape index (κ1) is 50.7. The second-order valence-corrected chi connectivity index (χ2v) is 16.2. The molecule has 324 valence electrons. The summed E-state index contributed by atoms with van der Waals surface area (Å²) in [5.74, 6) is -1.02. The summed E-state index contributed by atoms with van der Waals surface area (Å²) >= 11 is 3.33. The number of nitrogens with one attached hydrogen (secondary N) is 1. The lowest BCUT2D eigenvalue weighted by atomic mass is 10.0. The van der Waals surface area contributed by atoms with E-state index in [9.17, 15) is 9.59 Å². The first-order valence-electron chi connectivity index (χ1n) is 20.0. The highest BCUT2D eigenvalue weighted by atomic mass is 79.9. The Hall–Kier alpha value is -4.40. The third-order valence-corrected chi connectivity index (χ3v) is 8.42. The minimum atomic E-state index is -0.491. The van der Waals surface area contributed by atoms with Gasteiger partial charge < -0.3 is 39.5 Å². The molecule has 13 heteroatoms. The number of ether oxygens (including phenoxy) is 6. The average Bonchev–Trinajstić information content (AvgIpc) is 3.18. The van der Waals surface area contributed by atoms with Crippen LogP contribution in [-0.2, 0) is 38.0 Å².